The Kier molecular flexibility index (Phi) is 4.12. The molecule has 0 aromatic heterocycles. The zero-order chi connectivity index (χ0) is 16.9. The normalized spacial score (nSPS) is 34.3. The van der Waals surface area contributed by atoms with Crippen LogP contribution >= 0.6 is 11.6 Å². The summed E-state index contributed by atoms with van der Waals surface area (Å²) in [4.78, 5) is 12.5. The van der Waals surface area contributed by atoms with Crippen molar-refractivity contribution < 1.29 is 13.2 Å². The first kappa shape index (κ1) is 16.4. The standard InChI is InChI=1S/C18H22ClNO3S/c19-15-1-3-16(4-2-15)24(22,23)10-17(21)20-18-13-6-11-5-12(8-13)9-14(18)7-11/h1-4,11-14,18H,5-10H2,(H,20,21). The third-order valence-electron chi connectivity index (χ3n) is 6.05. The minimum absolute atomic E-state index is 0.145. The second-order valence-electron chi connectivity index (χ2n) is 7.74. The van der Waals surface area contributed by atoms with E-state index in [0.29, 0.717) is 16.9 Å². The maximum absolute atomic E-state index is 12.4. The Bertz CT molecular complexity index is 716. The molecule has 0 radical (unpaired) electrons. The summed E-state index contributed by atoms with van der Waals surface area (Å²) in [5.74, 6) is 1.89. The van der Waals surface area contributed by atoms with E-state index in [0.717, 1.165) is 11.8 Å². The van der Waals surface area contributed by atoms with E-state index < -0.39 is 15.6 Å². The van der Waals surface area contributed by atoms with E-state index in [2.05, 4.69) is 5.32 Å². The first-order chi connectivity index (χ1) is 11.4. The summed E-state index contributed by atoms with van der Waals surface area (Å²) < 4.78 is 24.8. The molecule has 1 amide bonds. The minimum Gasteiger partial charge on any atom is -0.352 e. The van der Waals surface area contributed by atoms with Crippen LogP contribution in [-0.2, 0) is 14.6 Å². The molecule has 24 heavy (non-hydrogen) atoms. The molecular formula is C18H22ClNO3S. The average Bonchev–Trinajstić information content (AvgIpc) is 2.50. The quantitative estimate of drug-likeness (QED) is 0.889. The maximum atomic E-state index is 12.4. The smallest absolute Gasteiger partial charge is 0.235 e. The minimum atomic E-state index is -3.62. The van der Waals surface area contributed by atoms with Crippen LogP contribution in [0.1, 0.15) is 32.1 Å². The third-order valence-corrected chi connectivity index (χ3v) is 7.93. The SMILES string of the molecule is O=C(CS(=O)(=O)c1ccc(Cl)cc1)NC1C2CC3CC(C2)CC1C3. The third kappa shape index (κ3) is 3.08. The summed E-state index contributed by atoms with van der Waals surface area (Å²) >= 11 is 5.79. The van der Waals surface area contributed by atoms with Crippen molar-refractivity contribution in [3.8, 4) is 0 Å². The number of carbonyl (C=O) groups is 1. The first-order valence-corrected chi connectivity index (χ1v) is 10.7. The average molecular weight is 368 g/mol. The fourth-order valence-electron chi connectivity index (χ4n) is 5.29. The van der Waals surface area contributed by atoms with Gasteiger partial charge in [0.25, 0.3) is 0 Å². The van der Waals surface area contributed by atoms with Gasteiger partial charge in [0.15, 0.2) is 9.84 Å². The fourth-order valence-corrected chi connectivity index (χ4v) is 6.56. The number of nitrogens with one attached hydrogen (secondary N) is 1. The molecule has 0 unspecified atom stereocenters. The number of halogens is 1. The Morgan fingerprint density at radius 3 is 2.08 bits per heavy atom. The highest BCUT2D eigenvalue weighted by atomic mass is 35.5. The molecule has 6 heteroatoms. The topological polar surface area (TPSA) is 63.2 Å². The Morgan fingerprint density at radius 1 is 1.00 bits per heavy atom. The first-order valence-electron chi connectivity index (χ1n) is 8.68. The van der Waals surface area contributed by atoms with Crippen LogP contribution in [0, 0.1) is 23.7 Å². The molecule has 4 bridgehead atoms. The lowest BCUT2D eigenvalue weighted by Crippen LogP contribution is -2.56. The molecule has 1 aromatic carbocycles. The second kappa shape index (κ2) is 6.03. The largest absolute Gasteiger partial charge is 0.352 e. The van der Waals surface area contributed by atoms with Crippen molar-refractivity contribution in [3.63, 3.8) is 0 Å². The predicted octanol–water partition coefficient (Wildman–Crippen LogP) is 3.05. The van der Waals surface area contributed by atoms with Crippen molar-refractivity contribution >= 4 is 27.3 Å². The molecule has 4 nitrogen and oxygen atoms in total. The Morgan fingerprint density at radius 2 is 1.54 bits per heavy atom. The zero-order valence-corrected chi connectivity index (χ0v) is 15.0. The fraction of sp³-hybridized carbons (Fsp3) is 0.611. The maximum Gasteiger partial charge on any atom is 0.235 e. The summed E-state index contributed by atoms with van der Waals surface area (Å²) in [7, 11) is -3.62. The van der Waals surface area contributed by atoms with Crippen LogP contribution in [0.4, 0.5) is 0 Å². The van der Waals surface area contributed by atoms with Gasteiger partial charge in [0.05, 0.1) is 4.90 Å². The monoisotopic (exact) mass is 367 g/mol. The predicted molar refractivity (Wildman–Crippen MR) is 92.5 cm³/mol. The van der Waals surface area contributed by atoms with Crippen LogP contribution in [0.3, 0.4) is 0 Å². The molecule has 0 spiro atoms. The van der Waals surface area contributed by atoms with E-state index in [1.54, 1.807) is 0 Å². The highest BCUT2D eigenvalue weighted by molar-refractivity contribution is 7.92. The number of carbonyl (C=O) groups excluding carboxylic acids is 1. The van der Waals surface area contributed by atoms with Gasteiger partial charge >= 0.3 is 0 Å². The van der Waals surface area contributed by atoms with Gasteiger partial charge in [-0.25, -0.2) is 8.42 Å². The van der Waals surface area contributed by atoms with Gasteiger partial charge in [-0.3, -0.25) is 4.79 Å². The van der Waals surface area contributed by atoms with Gasteiger partial charge < -0.3 is 5.32 Å². The number of hydrogen-bond donors (Lipinski definition) is 1. The van der Waals surface area contributed by atoms with Gasteiger partial charge in [-0.05, 0) is 80.0 Å². The van der Waals surface area contributed by atoms with Gasteiger partial charge in [-0.2, -0.15) is 0 Å². The van der Waals surface area contributed by atoms with E-state index in [9.17, 15) is 13.2 Å². The molecule has 4 saturated carbocycles. The van der Waals surface area contributed by atoms with Crippen LogP contribution in [0.2, 0.25) is 5.02 Å². The van der Waals surface area contributed by atoms with Gasteiger partial charge in [-0.15, -0.1) is 0 Å². The Hall–Kier alpha value is -1.07. The summed E-state index contributed by atoms with van der Waals surface area (Å²) in [6.07, 6.45) is 6.14. The van der Waals surface area contributed by atoms with Crippen LogP contribution in [0.5, 0.6) is 0 Å². The molecule has 1 N–H and O–H groups in total. The number of rotatable bonds is 4. The van der Waals surface area contributed by atoms with E-state index in [1.807, 2.05) is 0 Å². The molecule has 4 aliphatic rings. The molecule has 130 valence electrons. The van der Waals surface area contributed by atoms with E-state index in [4.69, 9.17) is 11.6 Å². The lowest BCUT2D eigenvalue weighted by atomic mass is 9.54. The molecule has 4 fully saturated rings. The molecule has 0 aliphatic heterocycles. The van der Waals surface area contributed by atoms with Gasteiger partial charge in [0.2, 0.25) is 5.91 Å². The van der Waals surface area contributed by atoms with Crippen LogP contribution < -0.4 is 5.32 Å². The van der Waals surface area contributed by atoms with Crippen LogP contribution in [0.25, 0.3) is 0 Å². The lowest BCUT2D eigenvalue weighted by molar-refractivity contribution is -0.122. The summed E-state index contributed by atoms with van der Waals surface area (Å²) in [6, 6.07) is 6.14. The van der Waals surface area contributed by atoms with E-state index in [-0.39, 0.29) is 16.8 Å². The Labute approximate surface area is 147 Å². The van der Waals surface area contributed by atoms with Crippen molar-refractivity contribution in [2.45, 2.75) is 43.0 Å². The molecular weight excluding hydrogens is 346 g/mol. The summed E-state index contributed by atoms with van der Waals surface area (Å²) in [5, 5.41) is 3.53. The molecule has 5 rings (SSSR count). The Balaban J connectivity index is 1.42. The number of hydrogen-bond acceptors (Lipinski definition) is 3. The van der Waals surface area contributed by atoms with Crippen molar-refractivity contribution in [3.05, 3.63) is 29.3 Å². The molecule has 4 aliphatic carbocycles. The van der Waals surface area contributed by atoms with Crippen molar-refractivity contribution in [2.75, 3.05) is 5.75 Å². The zero-order valence-electron chi connectivity index (χ0n) is 13.4. The summed E-state index contributed by atoms with van der Waals surface area (Å²) in [6.45, 7) is 0. The molecule has 0 heterocycles. The second-order valence-corrected chi connectivity index (χ2v) is 10.2. The van der Waals surface area contributed by atoms with E-state index >= 15 is 0 Å². The number of benzene rings is 1. The van der Waals surface area contributed by atoms with Gasteiger partial charge in [0, 0.05) is 11.1 Å². The van der Waals surface area contributed by atoms with Gasteiger partial charge in [0.1, 0.15) is 5.75 Å². The number of sulfone groups is 1. The highest BCUT2D eigenvalue weighted by Crippen LogP contribution is 2.53. The van der Waals surface area contributed by atoms with Crippen molar-refractivity contribution in [1.82, 2.24) is 5.32 Å². The van der Waals surface area contributed by atoms with Crippen LogP contribution in [0.15, 0.2) is 29.2 Å². The highest BCUT2D eigenvalue weighted by Gasteiger charge is 2.48. The van der Waals surface area contributed by atoms with E-state index in [1.165, 1.54) is 56.4 Å². The van der Waals surface area contributed by atoms with Crippen molar-refractivity contribution in [2.24, 2.45) is 23.7 Å². The summed E-state index contributed by atoms with van der Waals surface area (Å²) in [5.41, 5.74) is 0. The van der Waals surface area contributed by atoms with Gasteiger partial charge in [-0.1, -0.05) is 11.6 Å². The van der Waals surface area contributed by atoms with Crippen molar-refractivity contribution in [1.29, 1.82) is 0 Å². The molecule has 1 aromatic rings. The number of amides is 1. The lowest BCUT2D eigenvalue weighted by Gasteiger charge is -2.54. The van der Waals surface area contributed by atoms with Crippen LogP contribution in [-0.4, -0.2) is 26.1 Å². The molecule has 0 saturated heterocycles. The molecule has 0 atom stereocenters.